The first-order valence-electron chi connectivity index (χ1n) is 5.89. The maximum absolute atomic E-state index is 9.87. The lowest BCUT2D eigenvalue weighted by molar-refractivity contribution is -0.169. The van der Waals surface area contributed by atoms with Crippen LogP contribution in [0.5, 0.6) is 11.5 Å². The van der Waals surface area contributed by atoms with Crippen LogP contribution < -0.4 is 4.74 Å². The van der Waals surface area contributed by atoms with Gasteiger partial charge in [0.1, 0.15) is 0 Å². The molecule has 1 aromatic carbocycles. The average molecular weight is 238 g/mol. The Kier molecular flexibility index (Phi) is 4.23. The molecule has 1 aliphatic heterocycles. The van der Waals surface area contributed by atoms with Crippen molar-refractivity contribution in [3.63, 3.8) is 0 Å². The molecular weight excluding hydrogens is 220 g/mol. The maximum atomic E-state index is 9.87. The van der Waals surface area contributed by atoms with Crippen molar-refractivity contribution >= 4 is 0 Å². The van der Waals surface area contributed by atoms with Gasteiger partial charge in [0.25, 0.3) is 0 Å². The molecule has 1 unspecified atom stereocenters. The first-order chi connectivity index (χ1) is 8.31. The Balaban J connectivity index is 1.93. The van der Waals surface area contributed by atoms with Gasteiger partial charge in [0.05, 0.1) is 13.7 Å². The van der Waals surface area contributed by atoms with Crippen molar-refractivity contribution in [2.75, 3.05) is 13.7 Å². The zero-order chi connectivity index (χ0) is 12.1. The van der Waals surface area contributed by atoms with Crippen LogP contribution in [0.4, 0.5) is 0 Å². The number of rotatable bonds is 4. The van der Waals surface area contributed by atoms with E-state index in [-0.39, 0.29) is 12.0 Å². The molecule has 4 nitrogen and oxygen atoms in total. The minimum atomic E-state index is -0.144. The molecule has 1 atom stereocenters. The van der Waals surface area contributed by atoms with Crippen molar-refractivity contribution in [3.8, 4) is 11.5 Å². The Morgan fingerprint density at radius 2 is 2.29 bits per heavy atom. The van der Waals surface area contributed by atoms with Crippen molar-refractivity contribution in [2.24, 2.45) is 0 Å². The van der Waals surface area contributed by atoms with Crippen LogP contribution in [0.25, 0.3) is 0 Å². The molecule has 0 bridgehead atoms. The van der Waals surface area contributed by atoms with Gasteiger partial charge in [-0.25, -0.2) is 0 Å². The third kappa shape index (κ3) is 3.11. The van der Waals surface area contributed by atoms with E-state index < -0.39 is 0 Å². The second kappa shape index (κ2) is 5.89. The Hall–Kier alpha value is -1.26. The van der Waals surface area contributed by atoms with Crippen molar-refractivity contribution in [1.82, 2.24) is 0 Å². The van der Waals surface area contributed by atoms with E-state index in [1.54, 1.807) is 6.07 Å². The van der Waals surface area contributed by atoms with Crippen LogP contribution >= 0.6 is 0 Å². The Morgan fingerprint density at radius 1 is 1.41 bits per heavy atom. The summed E-state index contributed by atoms with van der Waals surface area (Å²) in [5.41, 5.74) is 0.721. The molecular formula is C13H18O4. The van der Waals surface area contributed by atoms with Gasteiger partial charge in [-0.2, -0.15) is 0 Å². The van der Waals surface area contributed by atoms with Gasteiger partial charge in [-0.1, -0.05) is 12.1 Å². The van der Waals surface area contributed by atoms with E-state index in [1.165, 1.54) is 7.11 Å². The number of hydrogen-bond acceptors (Lipinski definition) is 4. The molecule has 0 aliphatic carbocycles. The SMILES string of the molecule is COc1cccc(COC2CCCCO2)c1O. The van der Waals surface area contributed by atoms with E-state index in [1.807, 2.05) is 12.1 Å². The molecule has 17 heavy (non-hydrogen) atoms. The molecule has 4 heteroatoms. The highest BCUT2D eigenvalue weighted by molar-refractivity contribution is 5.44. The normalized spacial score (nSPS) is 20.2. The number of aromatic hydroxyl groups is 1. The molecule has 94 valence electrons. The smallest absolute Gasteiger partial charge is 0.163 e. The third-order valence-corrected chi connectivity index (χ3v) is 2.87. The summed E-state index contributed by atoms with van der Waals surface area (Å²) in [5, 5.41) is 9.87. The average Bonchev–Trinajstić information content (AvgIpc) is 2.39. The number of methoxy groups -OCH3 is 1. The molecule has 0 radical (unpaired) electrons. The first kappa shape index (κ1) is 12.2. The van der Waals surface area contributed by atoms with Gasteiger partial charge in [-0.05, 0) is 25.3 Å². The molecule has 1 heterocycles. The predicted molar refractivity (Wildman–Crippen MR) is 63.0 cm³/mol. The van der Waals surface area contributed by atoms with Crippen molar-refractivity contribution in [3.05, 3.63) is 23.8 Å². The van der Waals surface area contributed by atoms with Gasteiger partial charge < -0.3 is 19.3 Å². The van der Waals surface area contributed by atoms with Crippen LogP contribution in [0, 0.1) is 0 Å². The molecule has 0 amide bonds. The lowest BCUT2D eigenvalue weighted by Gasteiger charge is -2.23. The fourth-order valence-electron chi connectivity index (χ4n) is 1.87. The number of para-hydroxylation sites is 1. The Morgan fingerprint density at radius 3 is 3.00 bits per heavy atom. The van der Waals surface area contributed by atoms with Crippen LogP contribution in [0.2, 0.25) is 0 Å². The number of phenols is 1. The van der Waals surface area contributed by atoms with Gasteiger partial charge in [-0.15, -0.1) is 0 Å². The van der Waals surface area contributed by atoms with E-state index in [4.69, 9.17) is 14.2 Å². The van der Waals surface area contributed by atoms with Gasteiger partial charge in [0.2, 0.25) is 0 Å². The summed E-state index contributed by atoms with van der Waals surface area (Å²) in [7, 11) is 1.53. The van der Waals surface area contributed by atoms with Gasteiger partial charge in [0, 0.05) is 12.2 Å². The zero-order valence-electron chi connectivity index (χ0n) is 10.0. The molecule has 0 spiro atoms. The molecule has 1 fully saturated rings. The standard InChI is InChI=1S/C13H18O4/c1-15-11-6-4-5-10(13(11)14)9-17-12-7-2-3-8-16-12/h4-6,12,14H,2-3,7-9H2,1H3. The second-order valence-electron chi connectivity index (χ2n) is 4.08. The lowest BCUT2D eigenvalue weighted by Crippen LogP contribution is -2.22. The zero-order valence-corrected chi connectivity index (χ0v) is 10.0. The first-order valence-corrected chi connectivity index (χ1v) is 5.89. The molecule has 0 aromatic heterocycles. The van der Waals surface area contributed by atoms with E-state index in [0.717, 1.165) is 31.4 Å². The molecule has 1 N–H and O–H groups in total. The highest BCUT2D eigenvalue weighted by atomic mass is 16.7. The number of ether oxygens (including phenoxy) is 3. The molecule has 0 saturated carbocycles. The highest BCUT2D eigenvalue weighted by Gasteiger charge is 2.15. The summed E-state index contributed by atoms with van der Waals surface area (Å²) < 4.78 is 16.1. The summed E-state index contributed by atoms with van der Waals surface area (Å²) in [6, 6.07) is 5.37. The highest BCUT2D eigenvalue weighted by Crippen LogP contribution is 2.30. The fourth-order valence-corrected chi connectivity index (χ4v) is 1.87. The van der Waals surface area contributed by atoms with Crippen molar-refractivity contribution in [2.45, 2.75) is 32.2 Å². The van der Waals surface area contributed by atoms with Gasteiger partial charge in [0.15, 0.2) is 17.8 Å². The summed E-state index contributed by atoms with van der Waals surface area (Å²) >= 11 is 0. The van der Waals surface area contributed by atoms with Gasteiger partial charge >= 0.3 is 0 Å². The van der Waals surface area contributed by atoms with Crippen LogP contribution in [-0.2, 0) is 16.1 Å². The topological polar surface area (TPSA) is 47.9 Å². The molecule has 1 aliphatic rings. The van der Waals surface area contributed by atoms with E-state index in [0.29, 0.717) is 12.4 Å². The van der Waals surface area contributed by atoms with Crippen LogP contribution in [-0.4, -0.2) is 25.1 Å². The Bertz CT molecular complexity index is 358. The summed E-state index contributed by atoms with van der Waals surface area (Å²) in [6.45, 7) is 1.10. The second-order valence-corrected chi connectivity index (χ2v) is 4.08. The third-order valence-electron chi connectivity index (χ3n) is 2.87. The number of hydrogen-bond donors (Lipinski definition) is 1. The summed E-state index contributed by atoms with van der Waals surface area (Å²) in [5.74, 6) is 0.612. The predicted octanol–water partition coefficient (Wildman–Crippen LogP) is 2.44. The van der Waals surface area contributed by atoms with Crippen molar-refractivity contribution in [1.29, 1.82) is 0 Å². The quantitative estimate of drug-likeness (QED) is 0.875. The van der Waals surface area contributed by atoms with E-state index in [9.17, 15) is 5.11 Å². The monoisotopic (exact) mass is 238 g/mol. The maximum Gasteiger partial charge on any atom is 0.163 e. The van der Waals surface area contributed by atoms with E-state index >= 15 is 0 Å². The lowest BCUT2D eigenvalue weighted by atomic mass is 10.2. The molecule has 1 saturated heterocycles. The fraction of sp³-hybridized carbons (Fsp3) is 0.538. The Labute approximate surface area is 101 Å². The van der Waals surface area contributed by atoms with Gasteiger partial charge in [-0.3, -0.25) is 0 Å². The molecule has 2 rings (SSSR count). The summed E-state index contributed by atoms with van der Waals surface area (Å²) in [4.78, 5) is 0. The summed E-state index contributed by atoms with van der Waals surface area (Å²) in [6.07, 6.45) is 3.01. The molecule has 1 aromatic rings. The van der Waals surface area contributed by atoms with Crippen LogP contribution in [0.15, 0.2) is 18.2 Å². The number of phenolic OH excluding ortho intramolecular Hbond substituents is 1. The van der Waals surface area contributed by atoms with Crippen molar-refractivity contribution < 1.29 is 19.3 Å². The van der Waals surface area contributed by atoms with Crippen LogP contribution in [0.1, 0.15) is 24.8 Å². The minimum Gasteiger partial charge on any atom is -0.504 e. The number of benzene rings is 1. The van der Waals surface area contributed by atoms with E-state index in [2.05, 4.69) is 0 Å². The van der Waals surface area contributed by atoms with Crippen LogP contribution in [0.3, 0.4) is 0 Å². The minimum absolute atomic E-state index is 0.144. The largest absolute Gasteiger partial charge is 0.504 e.